The van der Waals surface area contributed by atoms with Crippen LogP contribution in [0, 0.1) is 0 Å². The van der Waals surface area contributed by atoms with Crippen molar-refractivity contribution in [1.82, 2.24) is 14.3 Å². The van der Waals surface area contributed by atoms with Crippen LogP contribution in [0.4, 0.5) is 0 Å². The predicted molar refractivity (Wildman–Crippen MR) is 122 cm³/mol. The van der Waals surface area contributed by atoms with Crippen LogP contribution in [-0.2, 0) is 16.1 Å². The molecular weight excluding hydrogens is 480 g/mol. The summed E-state index contributed by atoms with van der Waals surface area (Å²) in [5.41, 5.74) is 2.22. The molecule has 0 bridgehead atoms. The van der Waals surface area contributed by atoms with E-state index in [4.69, 9.17) is 4.74 Å². The SMILES string of the molecule is CCOC(=O)C1=C(C)N=c2s/c(=C/c3ccn(CC)n3)c(=O)n2C1c1ccc(Br)cc1. The number of halogens is 1. The number of thiazole rings is 1. The summed E-state index contributed by atoms with van der Waals surface area (Å²) in [5, 5.41) is 4.44. The van der Waals surface area contributed by atoms with Gasteiger partial charge in [0.05, 0.1) is 34.1 Å². The van der Waals surface area contributed by atoms with Gasteiger partial charge in [-0.1, -0.05) is 39.4 Å². The molecule has 1 unspecified atom stereocenters. The summed E-state index contributed by atoms with van der Waals surface area (Å²) >= 11 is 4.73. The zero-order valence-electron chi connectivity index (χ0n) is 17.3. The van der Waals surface area contributed by atoms with Crippen molar-refractivity contribution in [3.05, 3.63) is 83.2 Å². The highest BCUT2D eigenvalue weighted by molar-refractivity contribution is 9.10. The Bertz CT molecular complexity index is 1350. The van der Waals surface area contributed by atoms with Crippen LogP contribution < -0.4 is 14.9 Å². The molecule has 1 aliphatic heterocycles. The lowest BCUT2D eigenvalue weighted by Gasteiger charge is -2.24. The van der Waals surface area contributed by atoms with Crippen molar-refractivity contribution in [2.24, 2.45) is 4.99 Å². The monoisotopic (exact) mass is 500 g/mol. The Labute approximate surface area is 191 Å². The summed E-state index contributed by atoms with van der Waals surface area (Å²) in [7, 11) is 0. The molecule has 0 spiro atoms. The number of benzene rings is 1. The Morgan fingerprint density at radius 3 is 2.65 bits per heavy atom. The molecule has 0 radical (unpaired) electrons. The highest BCUT2D eigenvalue weighted by atomic mass is 79.9. The second-order valence-electron chi connectivity index (χ2n) is 6.95. The van der Waals surface area contributed by atoms with Crippen LogP contribution in [-0.4, -0.2) is 26.9 Å². The number of aryl methyl sites for hydroxylation is 1. The molecule has 7 nitrogen and oxygen atoms in total. The molecule has 3 heterocycles. The summed E-state index contributed by atoms with van der Waals surface area (Å²) in [6.45, 7) is 6.53. The first-order valence-corrected chi connectivity index (χ1v) is 11.5. The molecule has 0 saturated heterocycles. The molecule has 0 amide bonds. The fourth-order valence-electron chi connectivity index (χ4n) is 3.52. The summed E-state index contributed by atoms with van der Waals surface area (Å²) in [4.78, 5) is 31.4. The predicted octanol–water partition coefficient (Wildman–Crippen LogP) is 2.78. The molecular formula is C22H21BrN4O3S. The average Bonchev–Trinajstić information content (AvgIpc) is 3.32. The van der Waals surface area contributed by atoms with Gasteiger partial charge < -0.3 is 4.74 Å². The number of nitrogens with zero attached hydrogens (tertiary/aromatic N) is 4. The first-order valence-electron chi connectivity index (χ1n) is 9.91. The maximum atomic E-state index is 13.4. The lowest BCUT2D eigenvalue weighted by Crippen LogP contribution is -2.39. The molecule has 9 heteroatoms. The first kappa shape index (κ1) is 21.5. The van der Waals surface area contributed by atoms with Gasteiger partial charge in [-0.3, -0.25) is 14.0 Å². The minimum Gasteiger partial charge on any atom is -0.463 e. The van der Waals surface area contributed by atoms with Gasteiger partial charge >= 0.3 is 5.97 Å². The van der Waals surface area contributed by atoms with E-state index in [0.717, 1.165) is 16.6 Å². The van der Waals surface area contributed by atoms with Gasteiger partial charge in [0.15, 0.2) is 4.80 Å². The lowest BCUT2D eigenvalue weighted by atomic mass is 9.96. The van der Waals surface area contributed by atoms with Crippen LogP contribution in [0.2, 0.25) is 0 Å². The van der Waals surface area contributed by atoms with E-state index in [2.05, 4.69) is 26.0 Å². The number of carbonyl (C=O) groups excluding carboxylic acids is 1. The Hall–Kier alpha value is -2.78. The summed E-state index contributed by atoms with van der Waals surface area (Å²) in [6, 6.07) is 8.82. The average molecular weight is 501 g/mol. The quantitative estimate of drug-likeness (QED) is 0.504. The van der Waals surface area contributed by atoms with Crippen molar-refractivity contribution < 1.29 is 9.53 Å². The third-order valence-electron chi connectivity index (χ3n) is 4.97. The van der Waals surface area contributed by atoms with Crippen LogP contribution >= 0.6 is 27.3 Å². The Balaban J connectivity index is 1.93. The molecule has 1 aliphatic rings. The van der Waals surface area contributed by atoms with E-state index >= 15 is 0 Å². The van der Waals surface area contributed by atoms with E-state index in [9.17, 15) is 9.59 Å². The number of ether oxygens (including phenoxy) is 1. The second kappa shape index (κ2) is 8.76. The normalized spacial score (nSPS) is 16.3. The molecule has 1 aromatic carbocycles. The fourth-order valence-corrected chi connectivity index (χ4v) is 4.81. The van der Waals surface area contributed by atoms with E-state index < -0.39 is 12.0 Å². The van der Waals surface area contributed by atoms with Crippen LogP contribution in [0.1, 0.15) is 38.1 Å². The Morgan fingerprint density at radius 1 is 1.26 bits per heavy atom. The lowest BCUT2D eigenvalue weighted by molar-refractivity contribution is -0.139. The summed E-state index contributed by atoms with van der Waals surface area (Å²) in [6.07, 6.45) is 3.63. The van der Waals surface area contributed by atoms with Crippen LogP contribution in [0.25, 0.3) is 6.08 Å². The largest absolute Gasteiger partial charge is 0.463 e. The van der Waals surface area contributed by atoms with E-state index in [1.165, 1.54) is 11.3 Å². The number of rotatable bonds is 5. The van der Waals surface area contributed by atoms with Gasteiger partial charge in [-0.05, 0) is 50.6 Å². The summed E-state index contributed by atoms with van der Waals surface area (Å²) < 4.78 is 10.1. The molecule has 0 saturated carbocycles. The van der Waals surface area contributed by atoms with Crippen LogP contribution in [0.15, 0.2) is 62.1 Å². The zero-order chi connectivity index (χ0) is 22.1. The standard InChI is InChI=1S/C22H21BrN4O3S/c1-4-26-11-10-16(25-26)12-17-20(28)27-19(14-6-8-15(23)9-7-14)18(21(29)30-5-2)13(3)24-22(27)31-17/h6-12,19H,4-5H2,1-3H3/b17-12+. The van der Waals surface area contributed by atoms with Crippen molar-refractivity contribution in [3.63, 3.8) is 0 Å². The van der Waals surface area contributed by atoms with Crippen LogP contribution in [0.5, 0.6) is 0 Å². The number of carbonyl (C=O) groups is 1. The second-order valence-corrected chi connectivity index (χ2v) is 8.87. The maximum Gasteiger partial charge on any atom is 0.338 e. The number of aromatic nitrogens is 3. The maximum absolute atomic E-state index is 13.4. The third-order valence-corrected chi connectivity index (χ3v) is 6.48. The molecule has 0 N–H and O–H groups in total. The molecule has 4 rings (SSSR count). The van der Waals surface area contributed by atoms with E-state index in [1.54, 1.807) is 29.2 Å². The van der Waals surface area contributed by atoms with Gasteiger partial charge in [0.2, 0.25) is 0 Å². The van der Waals surface area contributed by atoms with Crippen molar-refractivity contribution in [2.75, 3.05) is 6.61 Å². The third kappa shape index (κ3) is 4.07. The Morgan fingerprint density at radius 2 is 2.00 bits per heavy atom. The molecule has 160 valence electrons. The number of fused-ring (bicyclic) bond motifs is 1. The minimum absolute atomic E-state index is 0.211. The van der Waals surface area contributed by atoms with Crippen LogP contribution in [0.3, 0.4) is 0 Å². The number of allylic oxidation sites excluding steroid dienone is 1. The van der Waals surface area contributed by atoms with Gasteiger partial charge in [0.1, 0.15) is 0 Å². The molecule has 31 heavy (non-hydrogen) atoms. The number of hydrogen-bond acceptors (Lipinski definition) is 6. The topological polar surface area (TPSA) is 78.5 Å². The van der Waals surface area contributed by atoms with Crippen molar-refractivity contribution in [3.8, 4) is 0 Å². The van der Waals surface area contributed by atoms with Gasteiger partial charge in [-0.25, -0.2) is 9.79 Å². The van der Waals surface area contributed by atoms with E-state index in [0.29, 0.717) is 26.3 Å². The van der Waals surface area contributed by atoms with Crippen molar-refractivity contribution in [1.29, 1.82) is 0 Å². The Kier molecular flexibility index (Phi) is 6.06. The molecule has 1 atom stereocenters. The molecule has 0 fully saturated rings. The first-order chi connectivity index (χ1) is 14.9. The molecule has 3 aromatic rings. The molecule has 2 aromatic heterocycles. The highest BCUT2D eigenvalue weighted by Crippen LogP contribution is 2.31. The van der Waals surface area contributed by atoms with Crippen molar-refractivity contribution >= 4 is 39.3 Å². The zero-order valence-corrected chi connectivity index (χ0v) is 19.7. The molecule has 0 aliphatic carbocycles. The van der Waals surface area contributed by atoms with E-state index in [1.807, 2.05) is 43.5 Å². The van der Waals surface area contributed by atoms with Gasteiger partial charge in [-0.15, -0.1) is 0 Å². The minimum atomic E-state index is -0.612. The highest BCUT2D eigenvalue weighted by Gasteiger charge is 2.33. The van der Waals surface area contributed by atoms with Gasteiger partial charge in [-0.2, -0.15) is 5.10 Å². The number of hydrogen-bond donors (Lipinski definition) is 0. The smallest absolute Gasteiger partial charge is 0.338 e. The summed E-state index contributed by atoms with van der Waals surface area (Å²) in [5.74, 6) is -0.465. The van der Waals surface area contributed by atoms with Crippen molar-refractivity contribution in [2.45, 2.75) is 33.4 Å². The van der Waals surface area contributed by atoms with Gasteiger partial charge in [0.25, 0.3) is 5.56 Å². The fraction of sp³-hybridized carbons (Fsp3) is 0.273. The number of esters is 1. The van der Waals surface area contributed by atoms with E-state index in [-0.39, 0.29) is 12.2 Å². The van der Waals surface area contributed by atoms with Gasteiger partial charge in [0, 0.05) is 17.2 Å².